The summed E-state index contributed by atoms with van der Waals surface area (Å²) in [5, 5.41) is 2.90. The number of carbonyl (C=O) groups excluding carboxylic acids is 1. The highest BCUT2D eigenvalue weighted by Gasteiger charge is 2.16. The highest BCUT2D eigenvalue weighted by molar-refractivity contribution is 5.94. The summed E-state index contributed by atoms with van der Waals surface area (Å²) >= 11 is 0. The molecule has 118 valence electrons. The summed E-state index contributed by atoms with van der Waals surface area (Å²) in [5.41, 5.74) is 6.09. The molecule has 1 amide bonds. The lowest BCUT2D eigenvalue weighted by molar-refractivity contribution is 0.0952. The van der Waals surface area contributed by atoms with Gasteiger partial charge in [-0.25, -0.2) is 0 Å². The molecule has 21 heavy (non-hydrogen) atoms. The number of amides is 1. The first kappa shape index (κ1) is 17.8. The fourth-order valence-corrected chi connectivity index (χ4v) is 2.48. The van der Waals surface area contributed by atoms with Crippen molar-refractivity contribution in [3.63, 3.8) is 0 Å². The summed E-state index contributed by atoms with van der Waals surface area (Å²) < 4.78 is 5.91. The van der Waals surface area contributed by atoms with Crippen LogP contribution in [0.5, 0.6) is 5.75 Å². The number of rotatable bonds is 7. The Morgan fingerprint density at radius 2 is 2.05 bits per heavy atom. The van der Waals surface area contributed by atoms with E-state index < -0.39 is 0 Å². The number of benzene rings is 1. The molecule has 0 aromatic heterocycles. The molecule has 1 aromatic rings. The fraction of sp³-hybridized carbons (Fsp3) is 0.562. The van der Waals surface area contributed by atoms with Crippen LogP contribution in [0.25, 0.3) is 0 Å². The van der Waals surface area contributed by atoms with Gasteiger partial charge in [0.15, 0.2) is 0 Å². The quantitative estimate of drug-likeness (QED) is 0.761. The van der Waals surface area contributed by atoms with E-state index in [9.17, 15) is 4.79 Å². The van der Waals surface area contributed by atoms with Crippen LogP contribution in [-0.4, -0.2) is 25.1 Å². The predicted molar refractivity (Wildman–Crippen MR) is 87.2 cm³/mol. The van der Waals surface area contributed by atoms with Gasteiger partial charge in [-0.15, -0.1) is 12.4 Å². The Balaban J connectivity index is 0.00000220. The van der Waals surface area contributed by atoms with Gasteiger partial charge in [-0.2, -0.15) is 0 Å². The van der Waals surface area contributed by atoms with Crippen LogP contribution in [0.1, 0.15) is 48.9 Å². The van der Waals surface area contributed by atoms with E-state index in [1.54, 1.807) is 0 Å². The second-order valence-corrected chi connectivity index (χ2v) is 5.30. The van der Waals surface area contributed by atoms with Crippen LogP contribution in [0.4, 0.5) is 0 Å². The zero-order valence-electron chi connectivity index (χ0n) is 12.3. The molecule has 0 spiro atoms. The smallest absolute Gasteiger partial charge is 0.251 e. The van der Waals surface area contributed by atoms with E-state index in [4.69, 9.17) is 10.5 Å². The van der Waals surface area contributed by atoms with Gasteiger partial charge in [0.05, 0.1) is 6.10 Å². The van der Waals surface area contributed by atoms with E-state index in [0.29, 0.717) is 24.8 Å². The second-order valence-electron chi connectivity index (χ2n) is 5.30. The summed E-state index contributed by atoms with van der Waals surface area (Å²) in [6.07, 6.45) is 6.90. The molecule has 0 atom stereocenters. The van der Waals surface area contributed by atoms with E-state index >= 15 is 0 Å². The molecular formula is C16H25ClN2O2. The molecule has 1 saturated carbocycles. The maximum absolute atomic E-state index is 12.0. The minimum atomic E-state index is -0.0427. The zero-order chi connectivity index (χ0) is 14.2. The average molecular weight is 313 g/mol. The highest BCUT2D eigenvalue weighted by atomic mass is 35.5. The topological polar surface area (TPSA) is 64.3 Å². The van der Waals surface area contributed by atoms with Crippen LogP contribution in [0, 0.1) is 0 Å². The molecule has 0 unspecified atom stereocenters. The van der Waals surface area contributed by atoms with Crippen LogP contribution >= 0.6 is 12.4 Å². The van der Waals surface area contributed by atoms with Crippen molar-refractivity contribution in [2.75, 3.05) is 13.1 Å². The molecule has 3 N–H and O–H groups in total. The Morgan fingerprint density at radius 3 is 2.76 bits per heavy atom. The minimum Gasteiger partial charge on any atom is -0.490 e. The van der Waals surface area contributed by atoms with E-state index in [1.807, 2.05) is 24.3 Å². The van der Waals surface area contributed by atoms with Crippen molar-refractivity contribution < 1.29 is 9.53 Å². The van der Waals surface area contributed by atoms with Gasteiger partial charge in [0, 0.05) is 12.1 Å². The van der Waals surface area contributed by atoms with Crippen molar-refractivity contribution in [1.29, 1.82) is 0 Å². The first-order valence-corrected chi connectivity index (χ1v) is 7.54. The maximum Gasteiger partial charge on any atom is 0.251 e. The molecule has 0 bridgehead atoms. The lowest BCUT2D eigenvalue weighted by atomic mass is 10.2. The summed E-state index contributed by atoms with van der Waals surface area (Å²) in [5.74, 6) is 0.755. The summed E-state index contributed by atoms with van der Waals surface area (Å²) in [4.78, 5) is 12.0. The first-order valence-electron chi connectivity index (χ1n) is 7.54. The second kappa shape index (κ2) is 9.64. The van der Waals surface area contributed by atoms with Crippen molar-refractivity contribution in [2.45, 2.75) is 44.6 Å². The van der Waals surface area contributed by atoms with Crippen LogP contribution in [-0.2, 0) is 0 Å². The van der Waals surface area contributed by atoms with Crippen molar-refractivity contribution in [3.8, 4) is 5.75 Å². The molecule has 0 saturated heterocycles. The Kier molecular flexibility index (Phi) is 8.16. The number of ether oxygens (including phenoxy) is 1. The Bertz CT molecular complexity index is 434. The number of nitrogens with one attached hydrogen (secondary N) is 1. The van der Waals surface area contributed by atoms with Crippen LogP contribution in [0.2, 0.25) is 0 Å². The summed E-state index contributed by atoms with van der Waals surface area (Å²) in [6, 6.07) is 7.44. The molecule has 0 radical (unpaired) electrons. The molecule has 0 heterocycles. The molecule has 4 nitrogen and oxygen atoms in total. The van der Waals surface area contributed by atoms with Crippen molar-refractivity contribution in [2.24, 2.45) is 5.73 Å². The number of hydrogen-bond acceptors (Lipinski definition) is 3. The summed E-state index contributed by atoms with van der Waals surface area (Å²) in [7, 11) is 0. The first-order chi connectivity index (χ1) is 9.79. The van der Waals surface area contributed by atoms with Crippen LogP contribution < -0.4 is 15.8 Å². The van der Waals surface area contributed by atoms with E-state index in [1.165, 1.54) is 12.8 Å². The monoisotopic (exact) mass is 312 g/mol. The molecular weight excluding hydrogens is 288 g/mol. The molecule has 1 fully saturated rings. The van der Waals surface area contributed by atoms with Gasteiger partial charge in [-0.1, -0.05) is 6.07 Å². The number of unbranched alkanes of at least 4 members (excludes halogenated alkanes) is 1. The third kappa shape index (κ3) is 5.94. The summed E-state index contributed by atoms with van der Waals surface area (Å²) in [6.45, 7) is 1.34. The molecule has 1 aliphatic rings. The number of hydrogen-bond donors (Lipinski definition) is 2. The molecule has 2 rings (SSSR count). The van der Waals surface area contributed by atoms with E-state index in [0.717, 1.165) is 31.4 Å². The Morgan fingerprint density at radius 1 is 1.29 bits per heavy atom. The van der Waals surface area contributed by atoms with Gasteiger partial charge in [-0.3, -0.25) is 4.79 Å². The van der Waals surface area contributed by atoms with Gasteiger partial charge >= 0.3 is 0 Å². The standard InChI is InChI=1S/C16H24N2O2.ClH/c17-10-3-4-11-18-16(19)13-6-5-9-15(12-13)20-14-7-1-2-8-14;/h5-6,9,12,14H,1-4,7-8,10-11,17H2,(H,18,19);1H. The van der Waals surface area contributed by atoms with E-state index in [-0.39, 0.29) is 18.3 Å². The van der Waals surface area contributed by atoms with E-state index in [2.05, 4.69) is 5.32 Å². The van der Waals surface area contributed by atoms with Crippen LogP contribution in [0.3, 0.4) is 0 Å². The van der Waals surface area contributed by atoms with Gasteiger partial charge in [0.25, 0.3) is 5.91 Å². The van der Waals surface area contributed by atoms with Gasteiger partial charge in [0.2, 0.25) is 0 Å². The Hall–Kier alpha value is -1.26. The van der Waals surface area contributed by atoms with Gasteiger partial charge in [-0.05, 0) is 63.3 Å². The SMILES string of the molecule is Cl.NCCCCNC(=O)c1cccc(OC2CCCC2)c1. The largest absolute Gasteiger partial charge is 0.490 e. The zero-order valence-corrected chi connectivity index (χ0v) is 13.2. The van der Waals surface area contributed by atoms with Gasteiger partial charge in [0.1, 0.15) is 5.75 Å². The number of halogens is 1. The van der Waals surface area contributed by atoms with Crippen molar-refractivity contribution >= 4 is 18.3 Å². The van der Waals surface area contributed by atoms with Crippen molar-refractivity contribution in [1.82, 2.24) is 5.32 Å². The number of nitrogens with two attached hydrogens (primary N) is 1. The number of carbonyl (C=O) groups is 1. The van der Waals surface area contributed by atoms with Crippen molar-refractivity contribution in [3.05, 3.63) is 29.8 Å². The fourth-order valence-electron chi connectivity index (χ4n) is 2.48. The minimum absolute atomic E-state index is 0. The Labute approximate surface area is 132 Å². The highest BCUT2D eigenvalue weighted by Crippen LogP contribution is 2.24. The molecule has 1 aromatic carbocycles. The van der Waals surface area contributed by atoms with Crippen LogP contribution in [0.15, 0.2) is 24.3 Å². The predicted octanol–water partition coefficient (Wildman–Crippen LogP) is 2.90. The van der Waals surface area contributed by atoms with Gasteiger partial charge < -0.3 is 15.8 Å². The normalized spacial score (nSPS) is 14.5. The molecule has 1 aliphatic carbocycles. The maximum atomic E-state index is 12.0. The third-order valence-electron chi connectivity index (χ3n) is 3.62. The average Bonchev–Trinajstić information content (AvgIpc) is 2.96. The third-order valence-corrected chi connectivity index (χ3v) is 3.62. The lowest BCUT2D eigenvalue weighted by Gasteiger charge is -2.13. The molecule has 5 heteroatoms. The molecule has 0 aliphatic heterocycles. The lowest BCUT2D eigenvalue weighted by Crippen LogP contribution is -2.25.